The number of halogens is 1. The van der Waals surface area contributed by atoms with Crippen molar-refractivity contribution in [2.75, 3.05) is 0 Å². The summed E-state index contributed by atoms with van der Waals surface area (Å²) in [5.74, 6) is -1.48. The number of benzene rings is 2. The monoisotopic (exact) mass is 412 g/mol. The number of Topliss-reactive ketones (excluding diaryl/α,β-unsaturated/α-hetero) is 1. The third-order valence-electron chi connectivity index (χ3n) is 4.10. The van der Waals surface area contributed by atoms with Crippen LogP contribution in [-0.4, -0.2) is 26.8 Å². The van der Waals surface area contributed by atoms with Crippen molar-refractivity contribution in [3.63, 3.8) is 0 Å². The van der Waals surface area contributed by atoms with E-state index in [1.54, 1.807) is 6.20 Å². The summed E-state index contributed by atoms with van der Waals surface area (Å²) in [6.45, 7) is 0. The Hall–Kier alpha value is -2.60. The minimum absolute atomic E-state index is 0.0323. The molecule has 1 atom stereocenters. The minimum atomic E-state index is -0.966. The molecular weight excluding hydrogens is 396 g/mol. The molecule has 1 N–H and O–H groups in total. The van der Waals surface area contributed by atoms with Crippen LogP contribution in [0, 0.1) is 5.92 Å². The van der Waals surface area contributed by atoms with Crippen molar-refractivity contribution in [3.8, 4) is 0 Å². The Morgan fingerprint density at radius 2 is 1.88 bits per heavy atom. The van der Waals surface area contributed by atoms with Gasteiger partial charge in [-0.3, -0.25) is 9.59 Å². The maximum Gasteiger partial charge on any atom is 0.307 e. The highest BCUT2D eigenvalue weighted by Gasteiger charge is 2.22. The second kappa shape index (κ2) is 8.19. The van der Waals surface area contributed by atoms with Gasteiger partial charge < -0.3 is 5.11 Å². The Kier molecular flexibility index (Phi) is 5.73. The van der Waals surface area contributed by atoms with Crippen molar-refractivity contribution in [1.82, 2.24) is 9.97 Å². The molecule has 2 aromatic carbocycles. The predicted octanol–water partition coefficient (Wildman–Crippen LogP) is 3.84. The second-order valence-electron chi connectivity index (χ2n) is 6.13. The van der Waals surface area contributed by atoms with Crippen LogP contribution in [0.1, 0.15) is 17.8 Å². The van der Waals surface area contributed by atoms with Crippen LogP contribution < -0.4 is 0 Å². The van der Waals surface area contributed by atoms with Gasteiger partial charge in [-0.25, -0.2) is 9.97 Å². The first-order valence-corrected chi connectivity index (χ1v) is 9.00. The molecule has 1 heterocycles. The zero-order valence-corrected chi connectivity index (χ0v) is 15.5. The molecule has 0 saturated heterocycles. The number of carboxylic acid groups (broad SMARTS) is 1. The van der Waals surface area contributed by atoms with Crippen LogP contribution in [0.5, 0.6) is 0 Å². The maximum absolute atomic E-state index is 12.4. The third kappa shape index (κ3) is 4.73. The van der Waals surface area contributed by atoms with Crippen molar-refractivity contribution >= 4 is 38.6 Å². The van der Waals surface area contributed by atoms with Gasteiger partial charge >= 0.3 is 5.97 Å². The van der Waals surface area contributed by atoms with Gasteiger partial charge in [0.2, 0.25) is 0 Å². The average Bonchev–Trinajstić information content (AvgIpc) is 2.62. The molecule has 3 aromatic rings. The van der Waals surface area contributed by atoms with E-state index in [9.17, 15) is 14.7 Å². The van der Waals surface area contributed by atoms with Crippen LogP contribution in [0.25, 0.3) is 10.9 Å². The summed E-state index contributed by atoms with van der Waals surface area (Å²) >= 11 is 3.39. The highest BCUT2D eigenvalue weighted by molar-refractivity contribution is 9.10. The second-order valence-corrected chi connectivity index (χ2v) is 7.05. The van der Waals surface area contributed by atoms with Gasteiger partial charge in [-0.2, -0.15) is 0 Å². The van der Waals surface area contributed by atoms with Gasteiger partial charge in [-0.05, 0) is 30.2 Å². The number of carbonyl (C=O) groups excluding carboxylic acids is 1. The van der Waals surface area contributed by atoms with E-state index < -0.39 is 11.9 Å². The van der Waals surface area contributed by atoms with Crippen LogP contribution in [0.15, 0.2) is 59.2 Å². The molecule has 0 aliphatic rings. The molecule has 26 heavy (non-hydrogen) atoms. The van der Waals surface area contributed by atoms with Crippen molar-refractivity contribution < 1.29 is 14.7 Å². The largest absolute Gasteiger partial charge is 0.481 e. The Balaban J connectivity index is 1.68. The van der Waals surface area contributed by atoms with Crippen molar-refractivity contribution in [2.24, 2.45) is 5.92 Å². The number of nitrogens with zero attached hydrogens (tertiary/aromatic N) is 2. The van der Waals surface area contributed by atoms with Gasteiger partial charge in [0.1, 0.15) is 11.6 Å². The smallest absolute Gasteiger partial charge is 0.307 e. The van der Waals surface area contributed by atoms with Gasteiger partial charge in [0.25, 0.3) is 0 Å². The number of hydrogen-bond donors (Lipinski definition) is 1. The standard InChI is InChI=1S/C20H17BrN2O3/c21-16-6-7-18-15(9-16)12-22-19(23-18)11-17(24)10-14(20(25)26)8-13-4-2-1-3-5-13/h1-7,9,12,14H,8,10-11H2,(H,25,26). The Morgan fingerprint density at radius 3 is 2.62 bits per heavy atom. The molecule has 1 aromatic heterocycles. The minimum Gasteiger partial charge on any atom is -0.481 e. The molecule has 0 fully saturated rings. The molecular formula is C20H17BrN2O3. The lowest BCUT2D eigenvalue weighted by Crippen LogP contribution is -2.21. The lowest BCUT2D eigenvalue weighted by molar-refractivity contribution is -0.143. The fourth-order valence-corrected chi connectivity index (χ4v) is 3.18. The van der Waals surface area contributed by atoms with Crippen LogP contribution in [0.2, 0.25) is 0 Å². The fraction of sp³-hybridized carbons (Fsp3) is 0.200. The first-order chi connectivity index (χ1) is 12.5. The number of carboxylic acids is 1. The summed E-state index contributed by atoms with van der Waals surface area (Å²) < 4.78 is 0.933. The van der Waals surface area contributed by atoms with E-state index in [1.165, 1.54) is 0 Å². The summed E-state index contributed by atoms with van der Waals surface area (Å²) in [5.41, 5.74) is 1.66. The zero-order valence-electron chi connectivity index (χ0n) is 13.9. The summed E-state index contributed by atoms with van der Waals surface area (Å²) in [6.07, 6.45) is 2.00. The number of aliphatic carboxylic acids is 1. The molecule has 0 spiro atoms. The van der Waals surface area contributed by atoms with Gasteiger partial charge in [0.15, 0.2) is 0 Å². The highest BCUT2D eigenvalue weighted by atomic mass is 79.9. The van der Waals surface area contributed by atoms with E-state index in [2.05, 4.69) is 25.9 Å². The summed E-state index contributed by atoms with van der Waals surface area (Å²) in [7, 11) is 0. The molecule has 0 radical (unpaired) electrons. The fourth-order valence-electron chi connectivity index (χ4n) is 2.80. The summed E-state index contributed by atoms with van der Waals surface area (Å²) in [4.78, 5) is 32.5. The molecule has 0 amide bonds. The quantitative estimate of drug-likeness (QED) is 0.637. The van der Waals surface area contributed by atoms with Crippen LogP contribution in [0.3, 0.4) is 0 Å². The number of carbonyl (C=O) groups is 2. The van der Waals surface area contributed by atoms with Crippen molar-refractivity contribution in [1.29, 1.82) is 0 Å². The first kappa shape index (κ1) is 18.2. The van der Waals surface area contributed by atoms with E-state index >= 15 is 0 Å². The highest BCUT2D eigenvalue weighted by Crippen LogP contribution is 2.18. The van der Waals surface area contributed by atoms with Crippen molar-refractivity contribution in [2.45, 2.75) is 19.3 Å². The molecule has 5 nitrogen and oxygen atoms in total. The van der Waals surface area contributed by atoms with Gasteiger partial charge in [-0.15, -0.1) is 0 Å². The first-order valence-electron chi connectivity index (χ1n) is 8.21. The van der Waals surface area contributed by atoms with Crippen LogP contribution in [-0.2, 0) is 22.4 Å². The van der Waals surface area contributed by atoms with E-state index in [0.29, 0.717) is 12.2 Å². The number of rotatable bonds is 7. The Labute approximate surface area is 159 Å². The van der Waals surface area contributed by atoms with Crippen LogP contribution >= 0.6 is 15.9 Å². The lowest BCUT2D eigenvalue weighted by Gasteiger charge is -2.11. The van der Waals surface area contributed by atoms with Crippen LogP contribution in [0.4, 0.5) is 0 Å². The SMILES string of the molecule is O=C(Cc1ncc2cc(Br)ccc2n1)CC(Cc1ccccc1)C(=O)O. The van der Waals surface area contributed by atoms with Crippen molar-refractivity contribution in [3.05, 3.63) is 70.6 Å². The van der Waals surface area contributed by atoms with E-state index in [4.69, 9.17) is 0 Å². The third-order valence-corrected chi connectivity index (χ3v) is 4.59. The number of fused-ring (bicyclic) bond motifs is 1. The zero-order chi connectivity index (χ0) is 18.5. The van der Waals surface area contributed by atoms with E-state index in [0.717, 1.165) is 20.9 Å². The number of aromatic nitrogens is 2. The Morgan fingerprint density at radius 1 is 1.12 bits per heavy atom. The maximum atomic E-state index is 12.4. The molecule has 132 valence electrons. The summed E-state index contributed by atoms with van der Waals surface area (Å²) in [6, 6.07) is 15.0. The van der Waals surface area contributed by atoms with Gasteiger partial charge in [-0.1, -0.05) is 46.3 Å². The molecule has 1 unspecified atom stereocenters. The topological polar surface area (TPSA) is 80.2 Å². The van der Waals surface area contributed by atoms with Gasteiger partial charge in [0.05, 0.1) is 17.9 Å². The average molecular weight is 413 g/mol. The predicted molar refractivity (Wildman–Crippen MR) is 102 cm³/mol. The normalized spacial score (nSPS) is 12.0. The molecule has 0 bridgehead atoms. The van der Waals surface area contributed by atoms with Gasteiger partial charge in [0, 0.05) is 22.5 Å². The molecule has 0 aliphatic carbocycles. The Bertz CT molecular complexity index is 944. The van der Waals surface area contributed by atoms with E-state index in [1.807, 2.05) is 48.5 Å². The lowest BCUT2D eigenvalue weighted by atomic mass is 9.93. The molecule has 3 rings (SSSR count). The summed E-state index contributed by atoms with van der Waals surface area (Å²) in [5, 5.41) is 10.3. The number of ketones is 1. The molecule has 0 aliphatic heterocycles. The number of hydrogen-bond acceptors (Lipinski definition) is 4. The molecule has 0 saturated carbocycles. The van der Waals surface area contributed by atoms with E-state index in [-0.39, 0.29) is 18.6 Å². The molecule has 6 heteroatoms.